The molecule has 1 fully saturated rings. The van der Waals surface area contributed by atoms with Crippen molar-refractivity contribution in [2.24, 2.45) is 0 Å². The van der Waals surface area contributed by atoms with Crippen LogP contribution >= 0.6 is 11.6 Å². The number of nitriles is 1. The molecule has 9 heteroatoms. The molecule has 5 nitrogen and oxygen atoms in total. The molecule has 1 aromatic carbocycles. The summed E-state index contributed by atoms with van der Waals surface area (Å²) in [6, 6.07) is 4.96. The van der Waals surface area contributed by atoms with Crippen LogP contribution in [-0.4, -0.2) is 48.9 Å². The van der Waals surface area contributed by atoms with E-state index in [9.17, 15) is 23.2 Å². The molecule has 0 spiro atoms. The van der Waals surface area contributed by atoms with E-state index in [0.717, 1.165) is 18.3 Å². The number of likely N-dealkylation sites (N-methyl/N-ethyl adjacent to an activating group) is 1. The lowest BCUT2D eigenvalue weighted by atomic mass is 10.1. The number of benzene rings is 1. The number of anilines is 1. The molecule has 0 atom stereocenters. The maximum Gasteiger partial charge on any atom is 0.418 e. The standard InChI is InChI=1S/C16H16ClF3N4O/c1-23-4-6-24(7-5-23)15(25)11(9-21)10-22-14-3-2-12(17)8-13(14)16(18,19)20/h2-3,8,10,22H,4-7H2,1H3/b11-10-. The number of nitrogens with zero attached hydrogens (tertiary/aromatic N) is 3. The topological polar surface area (TPSA) is 59.4 Å². The van der Waals surface area contributed by atoms with E-state index in [1.54, 1.807) is 6.07 Å². The van der Waals surface area contributed by atoms with Gasteiger partial charge in [-0.25, -0.2) is 0 Å². The van der Waals surface area contributed by atoms with E-state index in [-0.39, 0.29) is 16.3 Å². The second-order valence-electron chi connectivity index (χ2n) is 5.60. The Morgan fingerprint density at radius 3 is 2.52 bits per heavy atom. The summed E-state index contributed by atoms with van der Waals surface area (Å²) < 4.78 is 39.2. The lowest BCUT2D eigenvalue weighted by molar-refractivity contribution is -0.137. The number of alkyl halides is 3. The number of halogens is 4. The van der Waals surface area contributed by atoms with Crippen molar-refractivity contribution >= 4 is 23.2 Å². The second kappa shape index (κ2) is 7.76. The molecule has 0 bridgehead atoms. The molecule has 134 valence electrons. The average molecular weight is 373 g/mol. The second-order valence-corrected chi connectivity index (χ2v) is 6.03. The first-order valence-corrected chi connectivity index (χ1v) is 7.81. The van der Waals surface area contributed by atoms with Crippen molar-refractivity contribution in [2.75, 3.05) is 38.5 Å². The summed E-state index contributed by atoms with van der Waals surface area (Å²) in [4.78, 5) is 15.9. The smallest absolute Gasteiger partial charge is 0.360 e. The van der Waals surface area contributed by atoms with E-state index in [0.29, 0.717) is 26.2 Å². The van der Waals surface area contributed by atoms with Crippen LogP contribution in [0.25, 0.3) is 0 Å². The normalized spacial score (nSPS) is 16.5. The molecule has 0 aromatic heterocycles. The zero-order chi connectivity index (χ0) is 18.6. The fourth-order valence-electron chi connectivity index (χ4n) is 2.35. The Morgan fingerprint density at radius 2 is 1.96 bits per heavy atom. The van der Waals surface area contributed by atoms with Gasteiger partial charge in [-0.05, 0) is 25.2 Å². The molecule has 1 aliphatic rings. The van der Waals surface area contributed by atoms with Crippen molar-refractivity contribution in [3.05, 3.63) is 40.6 Å². The molecule has 1 aliphatic heterocycles. The highest BCUT2D eigenvalue weighted by atomic mass is 35.5. The van der Waals surface area contributed by atoms with Crippen LogP contribution in [-0.2, 0) is 11.0 Å². The summed E-state index contributed by atoms with van der Waals surface area (Å²) in [5, 5.41) is 11.5. The van der Waals surface area contributed by atoms with Crippen molar-refractivity contribution < 1.29 is 18.0 Å². The number of carbonyl (C=O) groups excluding carboxylic acids is 1. The van der Waals surface area contributed by atoms with Gasteiger partial charge in [0.15, 0.2) is 0 Å². The van der Waals surface area contributed by atoms with Gasteiger partial charge in [-0.15, -0.1) is 0 Å². The van der Waals surface area contributed by atoms with Gasteiger partial charge >= 0.3 is 6.18 Å². The Bertz CT molecular complexity index is 719. The largest absolute Gasteiger partial charge is 0.418 e. The SMILES string of the molecule is CN1CCN(C(=O)/C(C#N)=C\Nc2ccc(Cl)cc2C(F)(F)F)CC1. The molecule has 0 unspecified atom stereocenters. The number of nitrogens with one attached hydrogen (secondary N) is 1. The minimum atomic E-state index is -4.62. The molecule has 1 amide bonds. The van der Waals surface area contributed by atoms with E-state index in [4.69, 9.17) is 11.6 Å². The van der Waals surface area contributed by atoms with E-state index in [1.807, 2.05) is 11.9 Å². The maximum atomic E-state index is 13.1. The number of amides is 1. The Labute approximate surface area is 148 Å². The Balaban J connectivity index is 2.19. The summed E-state index contributed by atoms with van der Waals surface area (Å²) in [5.41, 5.74) is -1.51. The molecule has 25 heavy (non-hydrogen) atoms. The number of rotatable bonds is 3. The van der Waals surface area contributed by atoms with Gasteiger partial charge in [0.2, 0.25) is 0 Å². The summed E-state index contributed by atoms with van der Waals surface area (Å²) in [7, 11) is 1.92. The minimum Gasteiger partial charge on any atom is -0.360 e. The van der Waals surface area contributed by atoms with Crippen molar-refractivity contribution in [2.45, 2.75) is 6.18 Å². The summed E-state index contributed by atoms with van der Waals surface area (Å²) >= 11 is 5.62. The third kappa shape index (κ3) is 4.87. The van der Waals surface area contributed by atoms with Gasteiger partial charge in [-0.3, -0.25) is 4.79 Å². The molecule has 1 heterocycles. The average Bonchev–Trinajstić information content (AvgIpc) is 2.56. The van der Waals surface area contributed by atoms with Gasteiger partial charge in [0.05, 0.1) is 11.3 Å². The van der Waals surface area contributed by atoms with Gasteiger partial charge in [-0.1, -0.05) is 11.6 Å². The Kier molecular flexibility index (Phi) is 5.93. The van der Waals surface area contributed by atoms with E-state index in [1.165, 1.54) is 11.0 Å². The Morgan fingerprint density at radius 1 is 1.32 bits per heavy atom. The molecule has 1 saturated heterocycles. The molecule has 1 aromatic rings. The number of piperazine rings is 1. The summed E-state index contributed by atoms with van der Waals surface area (Å²) in [6.07, 6.45) is -3.62. The highest BCUT2D eigenvalue weighted by Gasteiger charge is 2.33. The van der Waals surface area contributed by atoms with Crippen molar-refractivity contribution in [1.29, 1.82) is 5.26 Å². The molecular weight excluding hydrogens is 357 g/mol. The summed E-state index contributed by atoms with van der Waals surface area (Å²) in [6.45, 7) is 2.27. The van der Waals surface area contributed by atoms with Gasteiger partial charge in [0, 0.05) is 37.4 Å². The third-order valence-electron chi connectivity index (χ3n) is 3.80. The molecule has 0 radical (unpaired) electrons. The van der Waals surface area contributed by atoms with Gasteiger partial charge < -0.3 is 15.1 Å². The molecule has 0 aliphatic carbocycles. The monoisotopic (exact) mass is 372 g/mol. The zero-order valence-corrected chi connectivity index (χ0v) is 14.2. The van der Waals surface area contributed by atoms with Crippen molar-refractivity contribution in [1.82, 2.24) is 9.80 Å². The molecular formula is C16H16ClF3N4O. The van der Waals surface area contributed by atoms with Crippen LogP contribution in [0.5, 0.6) is 0 Å². The third-order valence-corrected chi connectivity index (χ3v) is 4.04. The van der Waals surface area contributed by atoms with E-state index >= 15 is 0 Å². The van der Waals surface area contributed by atoms with Crippen LogP contribution in [0.4, 0.5) is 18.9 Å². The predicted molar refractivity (Wildman–Crippen MR) is 87.8 cm³/mol. The zero-order valence-electron chi connectivity index (χ0n) is 13.4. The number of carbonyl (C=O) groups is 1. The maximum absolute atomic E-state index is 13.1. The van der Waals surface area contributed by atoms with Crippen LogP contribution in [0.3, 0.4) is 0 Å². The van der Waals surface area contributed by atoms with Crippen molar-refractivity contribution in [3.8, 4) is 6.07 Å². The quantitative estimate of drug-likeness (QED) is 0.654. The van der Waals surface area contributed by atoms with Crippen LogP contribution < -0.4 is 5.32 Å². The predicted octanol–water partition coefficient (Wildman–Crippen LogP) is 2.95. The lowest BCUT2D eigenvalue weighted by Crippen LogP contribution is -2.47. The van der Waals surface area contributed by atoms with Gasteiger partial charge in [-0.2, -0.15) is 18.4 Å². The number of hydrogen-bond donors (Lipinski definition) is 1. The van der Waals surface area contributed by atoms with Gasteiger partial charge in [0.25, 0.3) is 5.91 Å². The highest BCUT2D eigenvalue weighted by Crippen LogP contribution is 2.36. The lowest BCUT2D eigenvalue weighted by Gasteiger charge is -2.32. The summed E-state index contributed by atoms with van der Waals surface area (Å²) in [5.74, 6) is -0.509. The molecule has 1 N–H and O–H groups in total. The Hall–Kier alpha value is -2.24. The van der Waals surface area contributed by atoms with Gasteiger partial charge in [0.1, 0.15) is 11.6 Å². The molecule has 2 rings (SSSR count). The first-order valence-electron chi connectivity index (χ1n) is 7.43. The van der Waals surface area contributed by atoms with Crippen LogP contribution in [0, 0.1) is 11.3 Å². The first-order chi connectivity index (χ1) is 11.7. The fourth-order valence-corrected chi connectivity index (χ4v) is 2.52. The highest BCUT2D eigenvalue weighted by molar-refractivity contribution is 6.30. The van der Waals surface area contributed by atoms with E-state index < -0.39 is 17.6 Å². The fraction of sp³-hybridized carbons (Fsp3) is 0.375. The number of hydrogen-bond acceptors (Lipinski definition) is 4. The van der Waals surface area contributed by atoms with Crippen molar-refractivity contribution in [3.63, 3.8) is 0 Å². The minimum absolute atomic E-state index is 0.0594. The van der Waals surface area contributed by atoms with E-state index in [2.05, 4.69) is 5.32 Å². The first kappa shape index (κ1) is 19.1. The molecule has 0 saturated carbocycles. The van der Waals surface area contributed by atoms with Crippen LogP contribution in [0.1, 0.15) is 5.56 Å². The van der Waals surface area contributed by atoms with Crippen LogP contribution in [0.2, 0.25) is 5.02 Å². The van der Waals surface area contributed by atoms with Crippen LogP contribution in [0.15, 0.2) is 30.0 Å².